The van der Waals surface area contributed by atoms with Crippen LogP contribution in [0.15, 0.2) is 0 Å². The van der Waals surface area contributed by atoms with E-state index in [1.54, 1.807) is 0 Å². The number of aliphatic hydroxyl groups excluding tert-OH is 1. The Morgan fingerprint density at radius 3 is 2.59 bits per heavy atom. The Bertz CT molecular complexity index is 466. The third kappa shape index (κ3) is 4.46. The lowest BCUT2D eigenvalue weighted by atomic mass is 9.93. The van der Waals surface area contributed by atoms with Crippen molar-refractivity contribution < 1.29 is 5.11 Å². The number of hydrogen-bond donors (Lipinski definition) is 1. The van der Waals surface area contributed by atoms with Crippen molar-refractivity contribution in [3.8, 4) is 0 Å². The van der Waals surface area contributed by atoms with Crippen LogP contribution >= 0.6 is 12.2 Å². The van der Waals surface area contributed by atoms with Gasteiger partial charge in [-0.05, 0) is 62.8 Å². The lowest BCUT2D eigenvalue weighted by Crippen LogP contribution is -2.29. The first kappa shape index (κ1) is 17.3. The number of nitrogens with zero attached hydrogens (tertiary/aromatic N) is 5. The fraction of sp³-hybridized carbons (Fsp3) is 0.867. The molecule has 0 bridgehead atoms. The minimum Gasteiger partial charge on any atom is -0.393 e. The standard InChI is InChI=1S/C15H27N5OS/c1-3-19(4-2)15(22)7-5-6-14-16-17-18-20(14)12-8-10-13(21)11-9-12/h12-13,21H,3-11H2,1-2H3. The number of rotatable bonds is 7. The third-order valence-electron chi connectivity index (χ3n) is 4.48. The zero-order chi connectivity index (χ0) is 15.9. The largest absolute Gasteiger partial charge is 0.393 e. The highest BCUT2D eigenvalue weighted by Crippen LogP contribution is 2.28. The van der Waals surface area contributed by atoms with Gasteiger partial charge in [0.05, 0.1) is 17.1 Å². The molecule has 0 amide bonds. The molecule has 2 rings (SSSR count). The van der Waals surface area contributed by atoms with E-state index in [1.807, 2.05) is 4.68 Å². The van der Waals surface area contributed by atoms with Gasteiger partial charge in [-0.15, -0.1) is 5.10 Å². The highest BCUT2D eigenvalue weighted by molar-refractivity contribution is 7.80. The van der Waals surface area contributed by atoms with Crippen LogP contribution in [0.3, 0.4) is 0 Å². The Morgan fingerprint density at radius 1 is 1.27 bits per heavy atom. The van der Waals surface area contributed by atoms with E-state index in [4.69, 9.17) is 12.2 Å². The van der Waals surface area contributed by atoms with Crippen LogP contribution in [0.4, 0.5) is 0 Å². The first-order valence-electron chi connectivity index (χ1n) is 8.38. The summed E-state index contributed by atoms with van der Waals surface area (Å²) in [5.41, 5.74) is 0. The van der Waals surface area contributed by atoms with Crippen LogP contribution in [-0.2, 0) is 6.42 Å². The molecule has 6 nitrogen and oxygen atoms in total. The summed E-state index contributed by atoms with van der Waals surface area (Å²) in [4.78, 5) is 3.26. The first-order chi connectivity index (χ1) is 10.7. The van der Waals surface area contributed by atoms with Crippen LogP contribution in [-0.4, -0.2) is 54.4 Å². The van der Waals surface area contributed by atoms with Crippen LogP contribution in [0, 0.1) is 0 Å². The number of aliphatic hydroxyl groups is 1. The minimum atomic E-state index is -0.150. The molecule has 1 aromatic rings. The molecule has 1 heterocycles. The molecular weight excluding hydrogens is 298 g/mol. The maximum atomic E-state index is 9.62. The molecule has 0 saturated heterocycles. The Hall–Kier alpha value is -1.08. The van der Waals surface area contributed by atoms with Gasteiger partial charge in [0.2, 0.25) is 0 Å². The van der Waals surface area contributed by atoms with Crippen molar-refractivity contribution in [2.24, 2.45) is 0 Å². The van der Waals surface area contributed by atoms with Crippen LogP contribution in [0.2, 0.25) is 0 Å². The molecule has 0 unspecified atom stereocenters. The van der Waals surface area contributed by atoms with E-state index in [0.717, 1.165) is 68.8 Å². The molecule has 0 atom stereocenters. The lowest BCUT2D eigenvalue weighted by molar-refractivity contribution is 0.106. The Morgan fingerprint density at radius 2 is 1.95 bits per heavy atom. The van der Waals surface area contributed by atoms with Crippen molar-refractivity contribution >= 4 is 17.2 Å². The van der Waals surface area contributed by atoms with Gasteiger partial charge in [0.15, 0.2) is 5.82 Å². The van der Waals surface area contributed by atoms with Crippen molar-refractivity contribution in [1.29, 1.82) is 0 Å². The van der Waals surface area contributed by atoms with E-state index < -0.39 is 0 Å². The van der Waals surface area contributed by atoms with E-state index in [-0.39, 0.29) is 6.10 Å². The summed E-state index contributed by atoms with van der Waals surface area (Å²) < 4.78 is 1.96. The van der Waals surface area contributed by atoms with E-state index in [9.17, 15) is 5.11 Å². The Labute approximate surface area is 137 Å². The normalized spacial score (nSPS) is 21.8. The summed E-state index contributed by atoms with van der Waals surface area (Å²) in [6.45, 7) is 6.20. The topological polar surface area (TPSA) is 67.1 Å². The number of thiocarbonyl (C=S) groups is 1. The van der Waals surface area contributed by atoms with Gasteiger partial charge in [-0.2, -0.15) is 0 Å². The molecule has 1 fully saturated rings. The monoisotopic (exact) mass is 325 g/mol. The van der Waals surface area contributed by atoms with Gasteiger partial charge in [-0.1, -0.05) is 12.2 Å². The average Bonchev–Trinajstić information content (AvgIpc) is 2.98. The van der Waals surface area contributed by atoms with Crippen molar-refractivity contribution in [2.45, 2.75) is 70.9 Å². The molecule has 1 N–H and O–H groups in total. The van der Waals surface area contributed by atoms with Crippen LogP contribution < -0.4 is 0 Å². The zero-order valence-electron chi connectivity index (χ0n) is 13.6. The average molecular weight is 325 g/mol. The van der Waals surface area contributed by atoms with Crippen LogP contribution in [0.25, 0.3) is 0 Å². The summed E-state index contributed by atoms with van der Waals surface area (Å²) in [7, 11) is 0. The molecule has 22 heavy (non-hydrogen) atoms. The molecule has 124 valence electrons. The van der Waals surface area contributed by atoms with E-state index in [1.165, 1.54) is 0 Å². The third-order valence-corrected chi connectivity index (χ3v) is 4.94. The quantitative estimate of drug-likeness (QED) is 0.775. The van der Waals surface area contributed by atoms with E-state index in [2.05, 4.69) is 34.3 Å². The fourth-order valence-electron chi connectivity index (χ4n) is 3.10. The fourth-order valence-corrected chi connectivity index (χ4v) is 3.50. The number of tetrazole rings is 1. The van der Waals surface area contributed by atoms with Crippen molar-refractivity contribution in [3.05, 3.63) is 5.82 Å². The van der Waals surface area contributed by atoms with E-state index >= 15 is 0 Å². The highest BCUT2D eigenvalue weighted by Gasteiger charge is 2.23. The Kier molecular flexibility index (Phi) is 6.70. The predicted molar refractivity (Wildman–Crippen MR) is 89.8 cm³/mol. The molecular formula is C15H27N5OS. The molecule has 0 spiro atoms. The van der Waals surface area contributed by atoms with Gasteiger partial charge < -0.3 is 10.0 Å². The minimum absolute atomic E-state index is 0.150. The molecule has 1 aliphatic rings. The summed E-state index contributed by atoms with van der Waals surface area (Å²) in [6, 6.07) is 0.336. The van der Waals surface area contributed by atoms with E-state index in [0.29, 0.717) is 6.04 Å². The smallest absolute Gasteiger partial charge is 0.151 e. The zero-order valence-corrected chi connectivity index (χ0v) is 14.4. The SMILES string of the molecule is CCN(CC)C(=S)CCCc1nnnn1C1CCC(O)CC1. The summed E-state index contributed by atoms with van der Waals surface area (Å²) in [5, 5.41) is 21.8. The van der Waals surface area contributed by atoms with Gasteiger partial charge in [-0.3, -0.25) is 0 Å². The first-order valence-corrected chi connectivity index (χ1v) is 8.79. The summed E-state index contributed by atoms with van der Waals surface area (Å²) in [6.07, 6.45) is 6.19. The molecule has 1 saturated carbocycles. The number of aryl methyl sites for hydroxylation is 1. The number of aromatic nitrogens is 4. The highest BCUT2D eigenvalue weighted by atomic mass is 32.1. The van der Waals surface area contributed by atoms with Gasteiger partial charge >= 0.3 is 0 Å². The molecule has 7 heteroatoms. The van der Waals surface area contributed by atoms with Gasteiger partial charge in [-0.25, -0.2) is 4.68 Å². The maximum absolute atomic E-state index is 9.62. The molecule has 1 aromatic heterocycles. The molecule has 0 radical (unpaired) electrons. The summed E-state index contributed by atoms with van der Waals surface area (Å²) in [5.74, 6) is 0.948. The molecule has 0 aromatic carbocycles. The lowest BCUT2D eigenvalue weighted by Gasteiger charge is -2.26. The molecule has 0 aliphatic heterocycles. The Balaban J connectivity index is 1.84. The van der Waals surface area contributed by atoms with Gasteiger partial charge in [0, 0.05) is 19.5 Å². The predicted octanol–water partition coefficient (Wildman–Crippen LogP) is 2.14. The summed E-state index contributed by atoms with van der Waals surface area (Å²) >= 11 is 5.48. The van der Waals surface area contributed by atoms with Crippen molar-refractivity contribution in [3.63, 3.8) is 0 Å². The second kappa shape index (κ2) is 8.53. The van der Waals surface area contributed by atoms with Gasteiger partial charge in [0.25, 0.3) is 0 Å². The second-order valence-electron chi connectivity index (χ2n) is 5.92. The molecule has 1 aliphatic carbocycles. The van der Waals surface area contributed by atoms with Crippen molar-refractivity contribution in [2.75, 3.05) is 13.1 Å². The van der Waals surface area contributed by atoms with Crippen LogP contribution in [0.1, 0.15) is 64.2 Å². The second-order valence-corrected chi connectivity index (χ2v) is 6.39. The van der Waals surface area contributed by atoms with Crippen molar-refractivity contribution in [1.82, 2.24) is 25.1 Å². The number of hydrogen-bond acceptors (Lipinski definition) is 5. The van der Waals surface area contributed by atoms with Crippen LogP contribution in [0.5, 0.6) is 0 Å². The maximum Gasteiger partial charge on any atom is 0.151 e. The van der Waals surface area contributed by atoms with Gasteiger partial charge in [0.1, 0.15) is 0 Å².